The Labute approximate surface area is 295 Å². The minimum atomic E-state index is -0.992. The van der Waals surface area contributed by atoms with Gasteiger partial charge in [0.25, 0.3) is 0 Å². The van der Waals surface area contributed by atoms with Crippen molar-refractivity contribution in [1.29, 1.82) is 0 Å². The molecule has 1 heterocycles. The third-order valence-electron chi connectivity index (χ3n) is 9.05. The molecule has 1 rings (SSSR count). The van der Waals surface area contributed by atoms with E-state index in [9.17, 15) is 14.7 Å². The molecular formula is C42H74O6. The third kappa shape index (κ3) is 30.2. The number of hydrogen-bond acceptors (Lipinski definition) is 6. The highest BCUT2D eigenvalue weighted by atomic mass is 16.6. The monoisotopic (exact) mass is 675 g/mol. The van der Waals surface area contributed by atoms with Gasteiger partial charge in [-0.15, -0.1) is 0 Å². The molecule has 0 aromatic carbocycles. The lowest BCUT2D eigenvalue weighted by atomic mass is 10.0. The number of aliphatic hydroxyl groups is 1. The van der Waals surface area contributed by atoms with Gasteiger partial charge < -0.3 is 19.3 Å². The molecule has 0 saturated carbocycles. The Kier molecular flexibility index (Phi) is 30.8. The van der Waals surface area contributed by atoms with Crippen molar-refractivity contribution in [2.75, 3.05) is 13.2 Å². The first-order valence-corrected chi connectivity index (χ1v) is 20.2. The number of carbonyl (C=O) groups is 2. The van der Waals surface area contributed by atoms with Crippen LogP contribution >= 0.6 is 0 Å². The normalized spacial score (nSPS) is 16.7. The summed E-state index contributed by atoms with van der Waals surface area (Å²) in [5.74, 6) is -0.634. The fourth-order valence-corrected chi connectivity index (χ4v) is 5.88. The van der Waals surface area contributed by atoms with Crippen LogP contribution in [-0.4, -0.2) is 48.6 Å². The summed E-state index contributed by atoms with van der Waals surface area (Å²) in [7, 11) is 0. The van der Waals surface area contributed by atoms with E-state index in [0.29, 0.717) is 19.3 Å². The van der Waals surface area contributed by atoms with Crippen LogP contribution in [-0.2, 0) is 23.8 Å². The number of rotatable bonds is 35. The van der Waals surface area contributed by atoms with Gasteiger partial charge in [0.2, 0.25) is 0 Å². The number of epoxide rings is 1. The maximum atomic E-state index is 12.0. The Morgan fingerprint density at radius 3 is 1.54 bits per heavy atom. The largest absolute Gasteiger partial charge is 0.463 e. The van der Waals surface area contributed by atoms with Crippen molar-refractivity contribution < 1.29 is 28.9 Å². The SMILES string of the molecule is CCCCC/C=C\C/C=C\C/C=C\CC1OC1CCCC(=O)OC[C@@H](O)COC(=O)CCCCCCCCCCCCCCCCCC. The topological polar surface area (TPSA) is 85.4 Å². The molecule has 0 radical (unpaired) electrons. The maximum Gasteiger partial charge on any atom is 0.305 e. The van der Waals surface area contributed by atoms with Crippen LogP contribution in [0.2, 0.25) is 0 Å². The van der Waals surface area contributed by atoms with Crippen LogP contribution in [0.5, 0.6) is 0 Å². The molecule has 0 aromatic heterocycles. The summed E-state index contributed by atoms with van der Waals surface area (Å²) < 4.78 is 16.1. The second kappa shape index (κ2) is 33.6. The number of allylic oxidation sites excluding steroid dienone is 5. The van der Waals surface area contributed by atoms with E-state index in [4.69, 9.17) is 14.2 Å². The lowest BCUT2D eigenvalue weighted by Crippen LogP contribution is -2.25. The van der Waals surface area contributed by atoms with Gasteiger partial charge in [-0.25, -0.2) is 0 Å². The van der Waals surface area contributed by atoms with Crippen LogP contribution in [0.25, 0.3) is 0 Å². The van der Waals surface area contributed by atoms with Crippen LogP contribution < -0.4 is 0 Å². The average Bonchev–Trinajstić information content (AvgIpc) is 3.84. The maximum absolute atomic E-state index is 12.0. The Balaban J connectivity index is 1.86. The van der Waals surface area contributed by atoms with Gasteiger partial charge in [-0.05, 0) is 51.4 Å². The zero-order valence-corrected chi connectivity index (χ0v) is 31.2. The fraction of sp³-hybridized carbons (Fsp3) is 0.810. The number of esters is 2. The minimum absolute atomic E-state index is 0.137. The first kappa shape index (κ1) is 44.1. The zero-order valence-electron chi connectivity index (χ0n) is 31.2. The van der Waals surface area contributed by atoms with E-state index in [1.807, 2.05) is 0 Å². The van der Waals surface area contributed by atoms with Gasteiger partial charge in [-0.3, -0.25) is 9.59 Å². The summed E-state index contributed by atoms with van der Waals surface area (Å²) in [5.41, 5.74) is 0. The summed E-state index contributed by atoms with van der Waals surface area (Å²) in [5, 5.41) is 10.0. The molecule has 1 aliphatic heterocycles. The van der Waals surface area contributed by atoms with Crippen molar-refractivity contribution in [3.05, 3.63) is 36.5 Å². The van der Waals surface area contributed by atoms with Crippen LogP contribution in [0.4, 0.5) is 0 Å². The zero-order chi connectivity index (χ0) is 34.8. The second-order valence-electron chi connectivity index (χ2n) is 13.8. The Hall–Kier alpha value is -1.92. The van der Waals surface area contributed by atoms with Crippen molar-refractivity contribution in [3.8, 4) is 0 Å². The highest BCUT2D eigenvalue weighted by molar-refractivity contribution is 5.69. The van der Waals surface area contributed by atoms with E-state index in [0.717, 1.165) is 44.9 Å². The van der Waals surface area contributed by atoms with E-state index in [-0.39, 0.29) is 37.4 Å². The second-order valence-corrected chi connectivity index (χ2v) is 13.8. The van der Waals surface area contributed by atoms with Crippen LogP contribution in [0.3, 0.4) is 0 Å². The molecule has 1 N–H and O–H groups in total. The number of aliphatic hydroxyl groups excluding tert-OH is 1. The highest BCUT2D eigenvalue weighted by Crippen LogP contribution is 2.30. The highest BCUT2D eigenvalue weighted by Gasteiger charge is 2.36. The molecule has 1 aliphatic rings. The third-order valence-corrected chi connectivity index (χ3v) is 9.05. The first-order chi connectivity index (χ1) is 23.6. The summed E-state index contributed by atoms with van der Waals surface area (Å²) in [6.07, 6.45) is 43.6. The van der Waals surface area contributed by atoms with Gasteiger partial charge in [0, 0.05) is 12.8 Å². The summed E-state index contributed by atoms with van der Waals surface area (Å²) in [6.45, 7) is 4.22. The fourth-order valence-electron chi connectivity index (χ4n) is 5.88. The lowest BCUT2D eigenvalue weighted by molar-refractivity contribution is -0.152. The van der Waals surface area contributed by atoms with Crippen molar-refractivity contribution >= 4 is 11.9 Å². The minimum Gasteiger partial charge on any atom is -0.463 e. The van der Waals surface area contributed by atoms with Crippen molar-refractivity contribution in [2.24, 2.45) is 0 Å². The molecule has 0 amide bonds. The number of unbranched alkanes of at least 4 members (excludes halogenated alkanes) is 18. The lowest BCUT2D eigenvalue weighted by Gasteiger charge is -2.12. The molecule has 0 aromatic rings. The van der Waals surface area contributed by atoms with E-state index in [1.165, 1.54) is 109 Å². The molecule has 1 saturated heterocycles. The number of carbonyl (C=O) groups excluding carboxylic acids is 2. The quantitative estimate of drug-likeness (QED) is 0.0312. The van der Waals surface area contributed by atoms with Gasteiger partial charge in [-0.2, -0.15) is 0 Å². The molecule has 6 nitrogen and oxygen atoms in total. The number of hydrogen-bond donors (Lipinski definition) is 1. The smallest absolute Gasteiger partial charge is 0.305 e. The van der Waals surface area contributed by atoms with Crippen LogP contribution in [0.1, 0.15) is 187 Å². The van der Waals surface area contributed by atoms with E-state index in [2.05, 4.69) is 50.3 Å². The molecular weight excluding hydrogens is 600 g/mol. The molecule has 278 valence electrons. The Bertz CT molecular complexity index is 834. The standard InChI is InChI=1S/C42H74O6/c1-3-5-7-9-11-13-15-17-18-19-20-22-24-26-28-30-34-41(44)46-36-38(43)37-47-42(45)35-31-33-40-39(48-40)32-29-27-25-23-21-16-14-12-10-8-6-4-2/h12,14,21,23,27,29,38-40,43H,3-11,13,15-20,22,24-26,28,30-37H2,1-2H3/b14-12-,23-21-,29-27-/t38-,39?,40?/m0/s1. The van der Waals surface area contributed by atoms with Gasteiger partial charge >= 0.3 is 11.9 Å². The predicted octanol–water partition coefficient (Wildman–Crippen LogP) is 11.4. The molecule has 1 fully saturated rings. The summed E-state index contributed by atoms with van der Waals surface area (Å²) >= 11 is 0. The van der Waals surface area contributed by atoms with E-state index < -0.39 is 6.10 Å². The van der Waals surface area contributed by atoms with Crippen LogP contribution in [0, 0.1) is 0 Å². The predicted molar refractivity (Wildman–Crippen MR) is 200 cm³/mol. The Morgan fingerprint density at radius 1 is 0.562 bits per heavy atom. The van der Waals surface area contributed by atoms with E-state index in [1.54, 1.807) is 0 Å². The average molecular weight is 675 g/mol. The van der Waals surface area contributed by atoms with Crippen molar-refractivity contribution in [3.63, 3.8) is 0 Å². The molecule has 6 heteroatoms. The molecule has 3 atom stereocenters. The summed E-state index contributed by atoms with van der Waals surface area (Å²) in [6, 6.07) is 0. The molecule has 0 aliphatic carbocycles. The Morgan fingerprint density at radius 2 is 1.00 bits per heavy atom. The molecule has 0 bridgehead atoms. The first-order valence-electron chi connectivity index (χ1n) is 20.2. The molecule has 2 unspecified atom stereocenters. The van der Waals surface area contributed by atoms with Crippen LogP contribution in [0.15, 0.2) is 36.5 Å². The van der Waals surface area contributed by atoms with E-state index >= 15 is 0 Å². The molecule has 48 heavy (non-hydrogen) atoms. The van der Waals surface area contributed by atoms with Gasteiger partial charge in [-0.1, -0.05) is 159 Å². The van der Waals surface area contributed by atoms with Gasteiger partial charge in [0.05, 0.1) is 12.2 Å². The molecule has 0 spiro atoms. The van der Waals surface area contributed by atoms with Crippen molar-refractivity contribution in [2.45, 2.75) is 206 Å². The number of ether oxygens (including phenoxy) is 3. The van der Waals surface area contributed by atoms with Gasteiger partial charge in [0.1, 0.15) is 19.3 Å². The van der Waals surface area contributed by atoms with Gasteiger partial charge in [0.15, 0.2) is 0 Å². The summed E-state index contributed by atoms with van der Waals surface area (Å²) in [4.78, 5) is 24.0. The van der Waals surface area contributed by atoms with Crippen molar-refractivity contribution in [1.82, 2.24) is 0 Å².